The van der Waals surface area contributed by atoms with Crippen LogP contribution in [0.3, 0.4) is 0 Å². The van der Waals surface area contributed by atoms with Crippen LogP contribution >= 0.6 is 0 Å². The number of Topliss-reactive ketones (excluding diaryl/α,β-unsaturated/α-hetero) is 1. The molecule has 2 aliphatic rings. The summed E-state index contributed by atoms with van der Waals surface area (Å²) in [5, 5.41) is 2.98. The SMILES string of the molecule is CCCOc1ccc(C2CC(=O)NC3=C2C(=O)CC(c2cccc(OC)c2)C3)cc1OC. The average Bonchev–Trinajstić information content (AvgIpc) is 2.81. The highest BCUT2D eigenvalue weighted by molar-refractivity contribution is 6.02. The van der Waals surface area contributed by atoms with Crippen molar-refractivity contribution in [2.24, 2.45) is 0 Å². The number of methoxy groups -OCH3 is 2. The molecular formula is C26H29NO5. The summed E-state index contributed by atoms with van der Waals surface area (Å²) in [7, 11) is 3.23. The number of carbonyl (C=O) groups excluding carboxylic acids is 2. The van der Waals surface area contributed by atoms with Gasteiger partial charge in [-0.15, -0.1) is 0 Å². The molecule has 1 aliphatic carbocycles. The summed E-state index contributed by atoms with van der Waals surface area (Å²) in [4.78, 5) is 25.9. The molecule has 6 heteroatoms. The van der Waals surface area contributed by atoms with Crippen LogP contribution in [0, 0.1) is 0 Å². The van der Waals surface area contributed by atoms with E-state index >= 15 is 0 Å². The average molecular weight is 436 g/mol. The molecule has 0 spiro atoms. The van der Waals surface area contributed by atoms with Gasteiger partial charge in [0.25, 0.3) is 0 Å². The number of nitrogens with one attached hydrogen (secondary N) is 1. The fourth-order valence-electron chi connectivity index (χ4n) is 4.61. The maximum atomic E-state index is 13.3. The van der Waals surface area contributed by atoms with Crippen molar-refractivity contribution in [3.05, 3.63) is 64.9 Å². The van der Waals surface area contributed by atoms with E-state index in [-0.39, 0.29) is 29.9 Å². The lowest BCUT2D eigenvalue weighted by Crippen LogP contribution is -2.38. The molecule has 32 heavy (non-hydrogen) atoms. The predicted octanol–water partition coefficient (Wildman–Crippen LogP) is 4.50. The molecule has 168 valence electrons. The third-order valence-corrected chi connectivity index (χ3v) is 6.15. The monoisotopic (exact) mass is 435 g/mol. The Labute approximate surface area is 188 Å². The minimum Gasteiger partial charge on any atom is -0.497 e. The van der Waals surface area contributed by atoms with Crippen molar-refractivity contribution >= 4 is 11.7 Å². The van der Waals surface area contributed by atoms with Crippen LogP contribution in [0.2, 0.25) is 0 Å². The van der Waals surface area contributed by atoms with Crippen molar-refractivity contribution in [1.29, 1.82) is 0 Å². The summed E-state index contributed by atoms with van der Waals surface area (Å²) in [5.41, 5.74) is 3.38. The first-order chi connectivity index (χ1) is 15.5. The number of hydrogen-bond donors (Lipinski definition) is 1. The Morgan fingerprint density at radius 3 is 2.53 bits per heavy atom. The normalized spacial score (nSPS) is 20.5. The Hall–Kier alpha value is -3.28. The van der Waals surface area contributed by atoms with E-state index in [1.165, 1.54) is 0 Å². The molecule has 0 radical (unpaired) electrons. The maximum Gasteiger partial charge on any atom is 0.225 e. The van der Waals surface area contributed by atoms with E-state index in [0.29, 0.717) is 36.5 Å². The van der Waals surface area contributed by atoms with Gasteiger partial charge in [0.05, 0.1) is 20.8 Å². The van der Waals surface area contributed by atoms with Crippen molar-refractivity contribution in [3.63, 3.8) is 0 Å². The minimum atomic E-state index is -0.286. The lowest BCUT2D eigenvalue weighted by atomic mass is 9.73. The van der Waals surface area contributed by atoms with Crippen LogP contribution < -0.4 is 19.5 Å². The Kier molecular flexibility index (Phi) is 6.49. The third kappa shape index (κ3) is 4.35. The number of ether oxygens (including phenoxy) is 3. The summed E-state index contributed by atoms with van der Waals surface area (Å²) in [6.45, 7) is 2.64. The maximum absolute atomic E-state index is 13.3. The highest BCUT2D eigenvalue weighted by Crippen LogP contribution is 2.44. The molecule has 2 aromatic carbocycles. The molecule has 2 aromatic rings. The largest absolute Gasteiger partial charge is 0.497 e. The number of benzene rings is 2. The van der Waals surface area contributed by atoms with Crippen LogP contribution in [0.4, 0.5) is 0 Å². The highest BCUT2D eigenvalue weighted by atomic mass is 16.5. The van der Waals surface area contributed by atoms with E-state index in [0.717, 1.165) is 29.0 Å². The number of carbonyl (C=O) groups is 2. The van der Waals surface area contributed by atoms with E-state index in [1.807, 2.05) is 49.4 Å². The summed E-state index contributed by atoms with van der Waals surface area (Å²) in [6.07, 6.45) is 2.16. The zero-order valence-corrected chi connectivity index (χ0v) is 18.8. The Balaban J connectivity index is 1.67. The fourth-order valence-corrected chi connectivity index (χ4v) is 4.61. The highest BCUT2D eigenvalue weighted by Gasteiger charge is 2.38. The molecule has 0 saturated heterocycles. The van der Waals surface area contributed by atoms with Crippen LogP contribution in [0.25, 0.3) is 0 Å². The van der Waals surface area contributed by atoms with Crippen LogP contribution in [-0.2, 0) is 9.59 Å². The van der Waals surface area contributed by atoms with Gasteiger partial charge in [-0.1, -0.05) is 25.1 Å². The molecule has 1 amide bonds. The van der Waals surface area contributed by atoms with Crippen LogP contribution in [0.5, 0.6) is 17.2 Å². The van der Waals surface area contributed by atoms with Gasteiger partial charge in [-0.2, -0.15) is 0 Å². The second-order valence-corrected chi connectivity index (χ2v) is 8.26. The first-order valence-corrected chi connectivity index (χ1v) is 11.0. The molecule has 2 unspecified atom stereocenters. The van der Waals surface area contributed by atoms with Gasteiger partial charge >= 0.3 is 0 Å². The van der Waals surface area contributed by atoms with Crippen molar-refractivity contribution in [2.45, 2.75) is 44.4 Å². The van der Waals surface area contributed by atoms with Crippen molar-refractivity contribution in [3.8, 4) is 17.2 Å². The molecule has 6 nitrogen and oxygen atoms in total. The number of amides is 1. The molecule has 0 fully saturated rings. The summed E-state index contributed by atoms with van der Waals surface area (Å²) >= 11 is 0. The Morgan fingerprint density at radius 1 is 0.938 bits per heavy atom. The second kappa shape index (κ2) is 9.47. The molecular weight excluding hydrogens is 406 g/mol. The standard InChI is InChI=1S/C26H29NO5/c1-4-10-32-23-9-8-17(14-24(23)31-3)20-15-25(29)27-21-12-18(13-22(28)26(20)21)16-6-5-7-19(11-16)30-2/h5-9,11,14,18,20H,4,10,12-13,15H2,1-3H3,(H,27,29). The van der Waals surface area contributed by atoms with Crippen LogP contribution in [0.15, 0.2) is 53.7 Å². The van der Waals surface area contributed by atoms with E-state index in [4.69, 9.17) is 14.2 Å². The molecule has 1 heterocycles. The molecule has 1 N–H and O–H groups in total. The van der Waals surface area contributed by atoms with E-state index in [1.54, 1.807) is 14.2 Å². The van der Waals surface area contributed by atoms with Gasteiger partial charge in [-0.3, -0.25) is 9.59 Å². The lowest BCUT2D eigenvalue weighted by Gasteiger charge is -2.34. The Bertz CT molecular complexity index is 1060. The molecule has 0 bridgehead atoms. The van der Waals surface area contributed by atoms with E-state index < -0.39 is 0 Å². The zero-order chi connectivity index (χ0) is 22.7. The van der Waals surface area contributed by atoms with Gasteiger partial charge in [-0.05, 0) is 54.2 Å². The second-order valence-electron chi connectivity index (χ2n) is 8.26. The van der Waals surface area contributed by atoms with Gasteiger partial charge < -0.3 is 19.5 Å². The number of ketones is 1. The number of hydrogen-bond acceptors (Lipinski definition) is 5. The topological polar surface area (TPSA) is 73.9 Å². The van der Waals surface area contributed by atoms with Crippen molar-refractivity contribution in [2.75, 3.05) is 20.8 Å². The molecule has 2 atom stereocenters. The molecule has 1 aliphatic heterocycles. The summed E-state index contributed by atoms with van der Waals surface area (Å²) < 4.78 is 16.6. The molecule has 4 rings (SSSR count). The molecule has 0 saturated carbocycles. The van der Waals surface area contributed by atoms with Crippen LogP contribution in [-0.4, -0.2) is 32.5 Å². The smallest absolute Gasteiger partial charge is 0.225 e. The predicted molar refractivity (Wildman–Crippen MR) is 121 cm³/mol. The summed E-state index contributed by atoms with van der Waals surface area (Å²) in [6, 6.07) is 13.5. The van der Waals surface area contributed by atoms with Gasteiger partial charge in [-0.25, -0.2) is 0 Å². The van der Waals surface area contributed by atoms with Gasteiger partial charge in [0.2, 0.25) is 5.91 Å². The first kappa shape index (κ1) is 21.9. The summed E-state index contributed by atoms with van der Waals surface area (Å²) in [5.74, 6) is 1.77. The van der Waals surface area contributed by atoms with Crippen molar-refractivity contribution < 1.29 is 23.8 Å². The van der Waals surface area contributed by atoms with Gasteiger partial charge in [0.15, 0.2) is 17.3 Å². The van der Waals surface area contributed by atoms with Gasteiger partial charge in [0, 0.05) is 30.0 Å². The Morgan fingerprint density at radius 2 is 1.78 bits per heavy atom. The lowest BCUT2D eigenvalue weighted by molar-refractivity contribution is -0.122. The minimum absolute atomic E-state index is 0.00903. The quantitative estimate of drug-likeness (QED) is 0.693. The van der Waals surface area contributed by atoms with Gasteiger partial charge in [0.1, 0.15) is 5.75 Å². The third-order valence-electron chi connectivity index (χ3n) is 6.15. The van der Waals surface area contributed by atoms with Crippen LogP contribution in [0.1, 0.15) is 55.6 Å². The first-order valence-electron chi connectivity index (χ1n) is 11.0. The zero-order valence-electron chi connectivity index (χ0n) is 18.8. The number of allylic oxidation sites excluding steroid dienone is 2. The molecule has 0 aromatic heterocycles. The van der Waals surface area contributed by atoms with E-state index in [2.05, 4.69) is 5.32 Å². The number of rotatable bonds is 7. The van der Waals surface area contributed by atoms with E-state index in [9.17, 15) is 9.59 Å². The fraction of sp³-hybridized carbons (Fsp3) is 0.385. The van der Waals surface area contributed by atoms with Crippen molar-refractivity contribution in [1.82, 2.24) is 5.32 Å².